The molecular weight excluding hydrogens is 1090 g/mol. The SMILES string of the molecule is C[C@@H]1c2c(C(F)(F)F)nn(CC(=O)N[C@@H](Cc3cc(F)cc(F)c3)c3nc(CCC(C)(C)S(C)(=O)=O)ccc3-c3ccc(Cl)c4c(N(C(=O)N[C@@](C)(CO)C(=O)O)S(C)(=O)=O)nn(CC(F)(F)F)c34)c2C(F)(F)[C@@H]1C. The van der Waals surface area contributed by atoms with Gasteiger partial charge in [-0.15, -0.1) is 0 Å². The molecule has 0 saturated carbocycles. The van der Waals surface area contributed by atoms with Crippen LogP contribution in [-0.2, 0) is 67.5 Å². The van der Waals surface area contributed by atoms with E-state index in [9.17, 15) is 76.6 Å². The number of urea groups is 1. The van der Waals surface area contributed by atoms with Gasteiger partial charge in [0.1, 0.15) is 30.4 Å². The van der Waals surface area contributed by atoms with Crippen molar-refractivity contribution in [3.05, 3.63) is 93.0 Å². The van der Waals surface area contributed by atoms with E-state index in [2.05, 4.69) is 20.5 Å². The number of halogens is 11. The molecule has 0 unspecified atom stereocenters. The first-order chi connectivity index (χ1) is 34.2. The average Bonchev–Trinajstić information content (AvgIpc) is 3.87. The van der Waals surface area contributed by atoms with E-state index in [-0.39, 0.29) is 43.3 Å². The Morgan fingerprint density at radius 3 is 2.04 bits per heavy atom. The van der Waals surface area contributed by atoms with Gasteiger partial charge >= 0.3 is 24.4 Å². The number of aromatic nitrogens is 5. The Bertz CT molecular complexity index is 3310. The number of alkyl halides is 8. The van der Waals surface area contributed by atoms with Crippen LogP contribution in [-0.4, -0.2) is 105 Å². The minimum absolute atomic E-state index is 0.00235. The number of carboxylic acids is 1. The first-order valence-corrected chi connectivity index (χ1v) is 26.3. The molecule has 0 fully saturated rings. The zero-order valence-electron chi connectivity index (χ0n) is 40.4. The van der Waals surface area contributed by atoms with Crippen molar-refractivity contribution >= 4 is 66.1 Å². The molecule has 0 spiro atoms. The van der Waals surface area contributed by atoms with E-state index in [0.717, 1.165) is 51.3 Å². The summed E-state index contributed by atoms with van der Waals surface area (Å²) in [4.78, 5) is 44.7. The number of nitrogens with one attached hydrogen (secondary N) is 2. The number of hydrogen-bond acceptors (Lipinski definition) is 11. The minimum atomic E-state index is -5.28. The van der Waals surface area contributed by atoms with Gasteiger partial charge in [0.25, 0.3) is 5.92 Å². The second-order valence-electron chi connectivity index (χ2n) is 19.0. The molecule has 75 heavy (non-hydrogen) atoms. The van der Waals surface area contributed by atoms with Gasteiger partial charge in [0.15, 0.2) is 26.9 Å². The second-order valence-corrected chi connectivity index (χ2v) is 23.9. The summed E-state index contributed by atoms with van der Waals surface area (Å²) in [6.07, 6.45) is -10.2. The lowest BCUT2D eigenvalue weighted by Crippen LogP contribution is -2.59. The van der Waals surface area contributed by atoms with E-state index in [1.54, 1.807) is 5.32 Å². The van der Waals surface area contributed by atoms with Crippen LogP contribution in [0.3, 0.4) is 0 Å². The standard InChI is InChI=1S/C45H47ClF10N8O9S2/c1-21-22(2)44(52,53)37-32(21)36(45(54,55)56)60-62(37)18-31(66)58-30(16-23-14-24(47)17-25(48)15-23)34-27(9-8-26(57-34)12-13-41(3,4)74(6,70)71)28-10-11-29(46)33-35(28)63(19-43(49,50)51)61-38(33)64(75(7,72)73)40(69)59-42(5,20-65)39(67)68/h8-11,14-15,17,21-22,30,65H,12-13,16,18-20H2,1-7H3,(H,58,66)(H,59,69)(H,67,68)/t21-,22+,30-,42-/m0/s1. The van der Waals surface area contributed by atoms with Crippen molar-refractivity contribution in [1.29, 1.82) is 0 Å². The number of benzene rings is 2. The van der Waals surface area contributed by atoms with Gasteiger partial charge in [0.05, 0.1) is 45.3 Å². The van der Waals surface area contributed by atoms with Gasteiger partial charge in [-0.1, -0.05) is 37.6 Å². The van der Waals surface area contributed by atoms with Gasteiger partial charge in [-0.3, -0.25) is 19.1 Å². The number of fused-ring (bicyclic) bond motifs is 2. The molecule has 410 valence electrons. The van der Waals surface area contributed by atoms with Crippen LogP contribution < -0.4 is 14.9 Å². The van der Waals surface area contributed by atoms with E-state index in [0.29, 0.717) is 12.3 Å². The number of amides is 3. The Morgan fingerprint density at radius 1 is 0.907 bits per heavy atom. The molecule has 0 aliphatic heterocycles. The predicted molar refractivity (Wildman–Crippen MR) is 250 cm³/mol. The maximum absolute atomic E-state index is 15.8. The molecule has 3 aromatic heterocycles. The molecule has 3 heterocycles. The fourth-order valence-corrected chi connectivity index (χ4v) is 9.94. The van der Waals surface area contributed by atoms with Crippen molar-refractivity contribution in [2.45, 2.75) is 107 Å². The number of aliphatic hydroxyl groups is 1. The van der Waals surface area contributed by atoms with Crippen molar-refractivity contribution < 1.29 is 85.3 Å². The fourth-order valence-electron chi connectivity index (χ4n) is 8.44. The van der Waals surface area contributed by atoms with Crippen LogP contribution in [0.25, 0.3) is 22.0 Å². The topological polar surface area (TPSA) is 236 Å². The third kappa shape index (κ3) is 11.8. The summed E-state index contributed by atoms with van der Waals surface area (Å²) < 4.78 is 199. The highest BCUT2D eigenvalue weighted by Crippen LogP contribution is 2.55. The van der Waals surface area contributed by atoms with Gasteiger partial charge in [-0.25, -0.2) is 35.2 Å². The number of pyridine rings is 1. The predicted octanol–water partition coefficient (Wildman–Crippen LogP) is 7.82. The molecule has 6 rings (SSSR count). The number of carbonyl (C=O) groups excluding carboxylic acids is 2. The molecule has 1 aliphatic rings. The summed E-state index contributed by atoms with van der Waals surface area (Å²) in [5.41, 5.74) is -8.58. The highest BCUT2D eigenvalue weighted by molar-refractivity contribution is 7.93. The lowest BCUT2D eigenvalue weighted by molar-refractivity contribution is -0.145. The van der Waals surface area contributed by atoms with Crippen LogP contribution in [0.2, 0.25) is 5.02 Å². The van der Waals surface area contributed by atoms with Crippen molar-refractivity contribution in [2.75, 3.05) is 23.4 Å². The van der Waals surface area contributed by atoms with Crippen molar-refractivity contribution in [3.8, 4) is 11.1 Å². The summed E-state index contributed by atoms with van der Waals surface area (Å²) in [5, 5.41) is 29.7. The third-order valence-corrected chi connectivity index (χ3v) is 16.5. The lowest BCUT2D eigenvalue weighted by atomic mass is 9.93. The Kier molecular flexibility index (Phi) is 15.6. The smallest absolute Gasteiger partial charge is 0.435 e. The number of anilines is 1. The maximum atomic E-state index is 15.8. The van der Waals surface area contributed by atoms with Crippen molar-refractivity contribution in [2.24, 2.45) is 5.92 Å². The summed E-state index contributed by atoms with van der Waals surface area (Å²) in [7, 11) is -8.83. The fraction of sp³-hybridized carbons (Fsp3) is 0.467. The summed E-state index contributed by atoms with van der Waals surface area (Å²) in [6, 6.07) is 2.90. The van der Waals surface area contributed by atoms with Crippen LogP contribution in [0, 0.1) is 17.6 Å². The number of aryl methyl sites for hydroxylation is 1. The maximum Gasteiger partial charge on any atom is 0.435 e. The molecule has 0 saturated heterocycles. The van der Waals surface area contributed by atoms with Crippen LogP contribution in [0.4, 0.5) is 54.5 Å². The molecule has 0 bridgehead atoms. The third-order valence-electron chi connectivity index (χ3n) is 13.0. The second kappa shape index (κ2) is 20.1. The van der Waals surface area contributed by atoms with Gasteiger partial charge < -0.3 is 20.8 Å². The number of sulfone groups is 1. The van der Waals surface area contributed by atoms with Crippen LogP contribution in [0.15, 0.2) is 42.5 Å². The Hall–Kier alpha value is -6.07. The van der Waals surface area contributed by atoms with Gasteiger partial charge in [-0.05, 0) is 75.8 Å². The highest BCUT2D eigenvalue weighted by atomic mass is 35.5. The molecule has 17 nitrogen and oxygen atoms in total. The molecule has 2 aromatic carbocycles. The quantitative estimate of drug-likeness (QED) is 0.0653. The van der Waals surface area contributed by atoms with Crippen LogP contribution in [0.5, 0.6) is 0 Å². The number of aliphatic carboxylic acids is 1. The molecule has 0 radical (unpaired) electrons. The van der Waals surface area contributed by atoms with Crippen molar-refractivity contribution in [3.63, 3.8) is 0 Å². The van der Waals surface area contributed by atoms with Crippen LogP contribution in [0.1, 0.15) is 86.9 Å². The van der Waals surface area contributed by atoms with E-state index >= 15 is 8.78 Å². The van der Waals surface area contributed by atoms with E-state index in [1.165, 1.54) is 26.0 Å². The number of nitrogens with zero attached hydrogens (tertiary/aromatic N) is 6. The zero-order chi connectivity index (χ0) is 56.5. The zero-order valence-corrected chi connectivity index (χ0v) is 42.8. The molecule has 3 amide bonds. The van der Waals surface area contributed by atoms with E-state index in [1.807, 2.05) is 0 Å². The summed E-state index contributed by atoms with van der Waals surface area (Å²) in [5.74, 6) is -13.8. The summed E-state index contributed by atoms with van der Waals surface area (Å²) >= 11 is 6.61. The van der Waals surface area contributed by atoms with E-state index < -0.39 is 172 Å². The average molecular weight is 1130 g/mol. The number of carboxylic acid groups (broad SMARTS) is 1. The number of rotatable bonds is 17. The van der Waals surface area contributed by atoms with Crippen LogP contribution >= 0.6 is 11.6 Å². The normalized spacial score (nSPS) is 17.4. The van der Waals surface area contributed by atoms with E-state index in [4.69, 9.17) is 11.6 Å². The Balaban J connectivity index is 1.65. The van der Waals surface area contributed by atoms with Gasteiger partial charge in [0.2, 0.25) is 15.9 Å². The minimum Gasteiger partial charge on any atom is -0.479 e. The number of hydrogen-bond donors (Lipinski definition) is 4. The first-order valence-electron chi connectivity index (χ1n) is 22.1. The number of sulfonamides is 1. The molecule has 1 aliphatic carbocycles. The summed E-state index contributed by atoms with van der Waals surface area (Å²) in [6.45, 7) is 0.899. The molecular formula is C45H47ClF10N8O9S2. The molecule has 30 heteroatoms. The highest BCUT2D eigenvalue weighted by Gasteiger charge is 2.57. The van der Waals surface area contributed by atoms with Gasteiger partial charge in [0, 0.05) is 40.6 Å². The first kappa shape index (κ1) is 58.2. The largest absolute Gasteiger partial charge is 0.479 e. The number of aliphatic hydroxyl groups excluding tert-OH is 1. The monoisotopic (exact) mass is 1130 g/mol. The Morgan fingerprint density at radius 2 is 1.51 bits per heavy atom. The lowest BCUT2D eigenvalue weighted by Gasteiger charge is -2.27. The molecule has 4 atom stereocenters. The molecule has 4 N–H and O–H groups in total. The number of carbonyl (C=O) groups is 3. The van der Waals surface area contributed by atoms with Gasteiger partial charge in [-0.2, -0.15) is 49.6 Å². The Labute approximate surface area is 426 Å². The molecule has 5 aromatic rings. The van der Waals surface area contributed by atoms with Crippen molar-refractivity contribution in [1.82, 2.24) is 35.2 Å².